The van der Waals surface area contributed by atoms with Crippen LogP contribution in [-0.2, 0) is 0 Å². The van der Waals surface area contributed by atoms with Crippen molar-refractivity contribution in [2.45, 2.75) is 26.4 Å². The number of aromatic nitrogens is 1. The van der Waals surface area contributed by atoms with Gasteiger partial charge in [-0.1, -0.05) is 32.0 Å². The SMILES string of the molecule is CC(C)C(C)(O)CNC(=O)c1ccnc2ccccc12. The van der Waals surface area contributed by atoms with Gasteiger partial charge in [-0.25, -0.2) is 0 Å². The summed E-state index contributed by atoms with van der Waals surface area (Å²) in [4.78, 5) is 16.5. The van der Waals surface area contributed by atoms with Gasteiger partial charge in [0.2, 0.25) is 0 Å². The number of nitrogens with one attached hydrogen (secondary N) is 1. The van der Waals surface area contributed by atoms with E-state index in [4.69, 9.17) is 0 Å². The quantitative estimate of drug-likeness (QED) is 0.898. The molecule has 0 aliphatic carbocycles. The van der Waals surface area contributed by atoms with E-state index in [2.05, 4.69) is 10.3 Å². The first kappa shape index (κ1) is 14.5. The van der Waals surface area contributed by atoms with Crippen LogP contribution in [0, 0.1) is 5.92 Å². The Labute approximate surface area is 118 Å². The topological polar surface area (TPSA) is 62.2 Å². The van der Waals surface area contributed by atoms with Crippen LogP contribution in [0.25, 0.3) is 10.9 Å². The molecule has 0 spiro atoms. The molecule has 1 unspecified atom stereocenters. The molecule has 1 heterocycles. The standard InChI is InChI=1S/C16H20N2O2/c1-11(2)16(3,20)10-18-15(19)13-8-9-17-14-7-5-4-6-12(13)14/h4-9,11,20H,10H2,1-3H3,(H,18,19). The fourth-order valence-electron chi connectivity index (χ4n) is 1.85. The fraction of sp³-hybridized carbons (Fsp3) is 0.375. The van der Waals surface area contributed by atoms with Crippen LogP contribution in [-0.4, -0.2) is 28.1 Å². The van der Waals surface area contributed by atoms with Crippen molar-refractivity contribution >= 4 is 16.8 Å². The highest BCUT2D eigenvalue weighted by Crippen LogP contribution is 2.17. The molecule has 0 aliphatic heterocycles. The van der Waals surface area contributed by atoms with Crippen molar-refractivity contribution in [1.82, 2.24) is 10.3 Å². The first-order valence-electron chi connectivity index (χ1n) is 6.76. The zero-order chi connectivity index (χ0) is 14.8. The molecule has 2 rings (SSSR count). The molecule has 4 nitrogen and oxygen atoms in total. The van der Waals surface area contributed by atoms with Crippen molar-refractivity contribution in [3.05, 3.63) is 42.1 Å². The molecule has 0 radical (unpaired) electrons. The van der Waals surface area contributed by atoms with Crippen molar-refractivity contribution in [3.63, 3.8) is 0 Å². The van der Waals surface area contributed by atoms with E-state index in [-0.39, 0.29) is 18.4 Å². The van der Waals surface area contributed by atoms with Crippen molar-refractivity contribution in [2.24, 2.45) is 5.92 Å². The number of nitrogens with zero attached hydrogens (tertiary/aromatic N) is 1. The van der Waals surface area contributed by atoms with E-state index < -0.39 is 5.60 Å². The van der Waals surface area contributed by atoms with Crippen molar-refractivity contribution in [2.75, 3.05) is 6.54 Å². The molecule has 1 atom stereocenters. The summed E-state index contributed by atoms with van der Waals surface area (Å²) < 4.78 is 0. The lowest BCUT2D eigenvalue weighted by atomic mass is 9.92. The highest BCUT2D eigenvalue weighted by atomic mass is 16.3. The number of pyridine rings is 1. The van der Waals surface area contributed by atoms with Gasteiger partial charge in [-0.3, -0.25) is 9.78 Å². The molecule has 0 fully saturated rings. The van der Waals surface area contributed by atoms with E-state index in [0.717, 1.165) is 10.9 Å². The zero-order valence-electron chi connectivity index (χ0n) is 12.1. The van der Waals surface area contributed by atoms with Crippen molar-refractivity contribution in [1.29, 1.82) is 0 Å². The van der Waals surface area contributed by atoms with Gasteiger partial charge >= 0.3 is 0 Å². The first-order valence-corrected chi connectivity index (χ1v) is 6.76. The van der Waals surface area contributed by atoms with E-state index in [9.17, 15) is 9.90 Å². The summed E-state index contributed by atoms with van der Waals surface area (Å²) in [5, 5.41) is 13.8. The first-order chi connectivity index (χ1) is 9.42. The van der Waals surface area contributed by atoms with Gasteiger partial charge in [0.05, 0.1) is 16.7 Å². The molecule has 0 saturated heterocycles. The highest BCUT2D eigenvalue weighted by Gasteiger charge is 2.25. The molecule has 2 N–H and O–H groups in total. The molecule has 1 aromatic carbocycles. The second-order valence-corrected chi connectivity index (χ2v) is 5.57. The van der Waals surface area contributed by atoms with Gasteiger partial charge in [-0.15, -0.1) is 0 Å². The summed E-state index contributed by atoms with van der Waals surface area (Å²) in [6, 6.07) is 9.21. The lowest BCUT2D eigenvalue weighted by Gasteiger charge is -2.27. The Morgan fingerprint density at radius 2 is 2.05 bits per heavy atom. The lowest BCUT2D eigenvalue weighted by Crippen LogP contribution is -2.44. The Hall–Kier alpha value is -1.94. The van der Waals surface area contributed by atoms with E-state index in [1.54, 1.807) is 19.2 Å². The van der Waals surface area contributed by atoms with Crippen LogP contribution in [0.1, 0.15) is 31.1 Å². The largest absolute Gasteiger partial charge is 0.388 e. The smallest absolute Gasteiger partial charge is 0.252 e. The molecule has 0 saturated carbocycles. The van der Waals surface area contributed by atoms with Gasteiger partial charge in [0, 0.05) is 18.1 Å². The van der Waals surface area contributed by atoms with Crippen LogP contribution >= 0.6 is 0 Å². The molecular weight excluding hydrogens is 252 g/mol. The van der Waals surface area contributed by atoms with Crippen molar-refractivity contribution in [3.8, 4) is 0 Å². The second-order valence-electron chi connectivity index (χ2n) is 5.57. The molecule has 0 bridgehead atoms. The number of hydrogen-bond donors (Lipinski definition) is 2. The number of hydrogen-bond acceptors (Lipinski definition) is 3. The summed E-state index contributed by atoms with van der Waals surface area (Å²) in [6.07, 6.45) is 1.62. The zero-order valence-corrected chi connectivity index (χ0v) is 12.1. The number of carbonyl (C=O) groups excluding carboxylic acids is 1. The molecule has 2 aromatic rings. The van der Waals surface area contributed by atoms with Crippen LogP contribution in [0.15, 0.2) is 36.5 Å². The van der Waals surface area contributed by atoms with E-state index in [0.29, 0.717) is 5.56 Å². The van der Waals surface area contributed by atoms with Crippen LogP contribution in [0.5, 0.6) is 0 Å². The Kier molecular flexibility index (Phi) is 4.04. The lowest BCUT2D eigenvalue weighted by molar-refractivity contribution is 0.0142. The van der Waals surface area contributed by atoms with Gasteiger partial charge < -0.3 is 10.4 Å². The number of fused-ring (bicyclic) bond motifs is 1. The summed E-state index contributed by atoms with van der Waals surface area (Å²) in [5.41, 5.74) is 0.448. The number of amides is 1. The maximum Gasteiger partial charge on any atom is 0.252 e. The monoisotopic (exact) mass is 272 g/mol. The molecule has 4 heteroatoms. The Morgan fingerprint density at radius 1 is 1.35 bits per heavy atom. The minimum Gasteiger partial charge on any atom is -0.388 e. The third-order valence-electron chi connectivity index (χ3n) is 3.74. The summed E-state index contributed by atoms with van der Waals surface area (Å²) in [7, 11) is 0. The van der Waals surface area contributed by atoms with E-state index in [1.807, 2.05) is 38.1 Å². The van der Waals surface area contributed by atoms with Gasteiger partial charge in [0.15, 0.2) is 0 Å². The average molecular weight is 272 g/mol. The molecule has 0 aliphatic rings. The fourth-order valence-corrected chi connectivity index (χ4v) is 1.85. The molecular formula is C16H20N2O2. The molecule has 1 aromatic heterocycles. The van der Waals surface area contributed by atoms with Crippen LogP contribution < -0.4 is 5.32 Å². The molecule has 20 heavy (non-hydrogen) atoms. The van der Waals surface area contributed by atoms with Gasteiger partial charge in [-0.05, 0) is 25.0 Å². The number of benzene rings is 1. The normalized spacial score (nSPS) is 14.2. The van der Waals surface area contributed by atoms with Crippen LogP contribution in [0.3, 0.4) is 0 Å². The molecule has 1 amide bonds. The third kappa shape index (κ3) is 2.96. The number of carbonyl (C=O) groups is 1. The summed E-state index contributed by atoms with van der Waals surface area (Å²) in [6.45, 7) is 5.80. The van der Waals surface area contributed by atoms with Crippen LogP contribution in [0.2, 0.25) is 0 Å². The van der Waals surface area contributed by atoms with E-state index >= 15 is 0 Å². The number of para-hydroxylation sites is 1. The maximum atomic E-state index is 12.3. The molecule has 106 valence electrons. The Bertz CT molecular complexity index is 615. The third-order valence-corrected chi connectivity index (χ3v) is 3.74. The summed E-state index contributed by atoms with van der Waals surface area (Å²) >= 11 is 0. The number of rotatable bonds is 4. The highest BCUT2D eigenvalue weighted by molar-refractivity contribution is 6.05. The minimum absolute atomic E-state index is 0.0667. The predicted molar refractivity (Wildman–Crippen MR) is 79.5 cm³/mol. The Morgan fingerprint density at radius 3 is 2.75 bits per heavy atom. The van der Waals surface area contributed by atoms with Crippen LogP contribution in [0.4, 0.5) is 0 Å². The predicted octanol–water partition coefficient (Wildman–Crippen LogP) is 2.37. The average Bonchev–Trinajstić information content (AvgIpc) is 2.44. The maximum absolute atomic E-state index is 12.3. The summed E-state index contributed by atoms with van der Waals surface area (Å²) in [5.74, 6) is -0.124. The van der Waals surface area contributed by atoms with Crippen molar-refractivity contribution < 1.29 is 9.90 Å². The Balaban J connectivity index is 2.20. The van der Waals surface area contributed by atoms with Gasteiger partial charge in [0.25, 0.3) is 5.91 Å². The number of aliphatic hydroxyl groups is 1. The second kappa shape index (κ2) is 5.59. The van der Waals surface area contributed by atoms with Gasteiger partial charge in [-0.2, -0.15) is 0 Å². The van der Waals surface area contributed by atoms with Gasteiger partial charge in [0.1, 0.15) is 0 Å². The van der Waals surface area contributed by atoms with E-state index in [1.165, 1.54) is 0 Å². The minimum atomic E-state index is -0.918.